The van der Waals surface area contributed by atoms with E-state index in [1.807, 2.05) is 0 Å². The number of benzene rings is 2. The van der Waals surface area contributed by atoms with Gasteiger partial charge in [-0.15, -0.1) is 0 Å². The first-order valence-electron chi connectivity index (χ1n) is 5.55. The van der Waals surface area contributed by atoms with Crippen LogP contribution in [0.1, 0.15) is 17.2 Å². The Balaban J connectivity index is 2.23. The lowest BCUT2D eigenvalue weighted by molar-refractivity contribution is 0.173. The first-order chi connectivity index (χ1) is 8.99. The Morgan fingerprint density at radius 2 is 1.74 bits per heavy atom. The maximum absolute atomic E-state index is 13.9. The molecule has 0 aromatic heterocycles. The van der Waals surface area contributed by atoms with Crippen molar-refractivity contribution in [2.45, 2.75) is 12.5 Å². The zero-order valence-electron chi connectivity index (χ0n) is 9.71. The Hall–Kier alpha value is -0.610. The standard InChI is InChI=1S/C14H10BrCl2FO/c15-11-6-5-10(14(18)13(11)17)12(19)7-8-1-3-9(16)4-2-8/h1-6,12,19H,7H2. The third-order valence-electron chi connectivity index (χ3n) is 2.77. The molecule has 100 valence electrons. The van der Waals surface area contributed by atoms with Gasteiger partial charge in [0, 0.05) is 21.5 Å². The molecule has 0 heterocycles. The number of halogens is 4. The van der Waals surface area contributed by atoms with Crippen molar-refractivity contribution in [3.05, 3.63) is 67.9 Å². The molecule has 1 N–H and O–H groups in total. The zero-order chi connectivity index (χ0) is 14.0. The van der Waals surface area contributed by atoms with Gasteiger partial charge in [-0.1, -0.05) is 41.4 Å². The minimum absolute atomic E-state index is 0.0207. The summed E-state index contributed by atoms with van der Waals surface area (Å²) >= 11 is 14.7. The summed E-state index contributed by atoms with van der Waals surface area (Å²) in [5.74, 6) is -0.600. The van der Waals surface area contributed by atoms with Gasteiger partial charge in [0.25, 0.3) is 0 Å². The van der Waals surface area contributed by atoms with Crippen LogP contribution in [0.3, 0.4) is 0 Å². The summed E-state index contributed by atoms with van der Waals surface area (Å²) in [5.41, 5.74) is 1.05. The fraction of sp³-hybridized carbons (Fsp3) is 0.143. The normalized spacial score (nSPS) is 12.5. The van der Waals surface area contributed by atoms with Crippen molar-refractivity contribution in [3.8, 4) is 0 Å². The van der Waals surface area contributed by atoms with Crippen LogP contribution in [0.4, 0.5) is 4.39 Å². The highest BCUT2D eigenvalue weighted by atomic mass is 79.9. The Morgan fingerprint density at radius 1 is 1.11 bits per heavy atom. The van der Waals surface area contributed by atoms with Crippen LogP contribution in [-0.4, -0.2) is 5.11 Å². The molecule has 19 heavy (non-hydrogen) atoms. The monoisotopic (exact) mass is 362 g/mol. The van der Waals surface area contributed by atoms with E-state index >= 15 is 0 Å². The summed E-state index contributed by atoms with van der Waals surface area (Å²) in [6, 6.07) is 10.2. The Kier molecular flexibility index (Phi) is 4.85. The van der Waals surface area contributed by atoms with E-state index in [1.54, 1.807) is 30.3 Å². The van der Waals surface area contributed by atoms with Crippen molar-refractivity contribution in [2.24, 2.45) is 0 Å². The predicted octanol–water partition coefficient (Wildman–Crippen LogP) is 5.17. The van der Waals surface area contributed by atoms with E-state index in [2.05, 4.69) is 15.9 Å². The summed E-state index contributed by atoms with van der Waals surface area (Å²) in [7, 11) is 0. The summed E-state index contributed by atoms with van der Waals surface area (Å²) in [6.07, 6.45) is -0.654. The van der Waals surface area contributed by atoms with Crippen LogP contribution < -0.4 is 0 Å². The van der Waals surface area contributed by atoms with Crippen molar-refractivity contribution in [1.82, 2.24) is 0 Å². The van der Waals surface area contributed by atoms with Gasteiger partial charge < -0.3 is 5.11 Å². The molecule has 0 amide bonds. The fourth-order valence-electron chi connectivity index (χ4n) is 1.75. The van der Waals surface area contributed by atoms with Crippen LogP contribution in [0.2, 0.25) is 10.0 Å². The first-order valence-corrected chi connectivity index (χ1v) is 7.10. The van der Waals surface area contributed by atoms with Crippen molar-refractivity contribution in [2.75, 3.05) is 0 Å². The largest absolute Gasteiger partial charge is 0.388 e. The highest BCUT2D eigenvalue weighted by molar-refractivity contribution is 9.10. The van der Waals surface area contributed by atoms with Gasteiger partial charge in [0.05, 0.1) is 11.1 Å². The fourth-order valence-corrected chi connectivity index (χ4v) is 2.36. The van der Waals surface area contributed by atoms with Crippen LogP contribution in [0.25, 0.3) is 0 Å². The van der Waals surface area contributed by atoms with Gasteiger partial charge in [0.15, 0.2) is 0 Å². The topological polar surface area (TPSA) is 20.2 Å². The third-order valence-corrected chi connectivity index (χ3v) is 4.28. The van der Waals surface area contributed by atoms with Gasteiger partial charge in [-0.25, -0.2) is 4.39 Å². The molecule has 5 heteroatoms. The number of hydrogen-bond donors (Lipinski definition) is 1. The van der Waals surface area contributed by atoms with Crippen LogP contribution >= 0.6 is 39.1 Å². The minimum Gasteiger partial charge on any atom is -0.388 e. The maximum atomic E-state index is 13.9. The molecule has 0 radical (unpaired) electrons. The average molecular weight is 364 g/mol. The molecule has 2 rings (SSSR count). The van der Waals surface area contributed by atoms with Gasteiger partial charge in [0.1, 0.15) is 5.82 Å². The number of aliphatic hydroxyl groups excluding tert-OH is 1. The van der Waals surface area contributed by atoms with Crippen molar-refractivity contribution >= 4 is 39.1 Å². The Morgan fingerprint density at radius 3 is 2.37 bits per heavy atom. The quantitative estimate of drug-likeness (QED) is 0.745. The molecule has 2 aromatic carbocycles. The van der Waals surface area contributed by atoms with Crippen molar-refractivity contribution < 1.29 is 9.50 Å². The van der Waals surface area contributed by atoms with Crippen molar-refractivity contribution in [3.63, 3.8) is 0 Å². The van der Waals surface area contributed by atoms with Gasteiger partial charge in [0.2, 0.25) is 0 Å². The summed E-state index contributed by atoms with van der Waals surface area (Å²) in [5, 5.41) is 10.7. The van der Waals surface area contributed by atoms with Crippen LogP contribution in [0.5, 0.6) is 0 Å². The molecule has 1 unspecified atom stereocenters. The van der Waals surface area contributed by atoms with E-state index < -0.39 is 11.9 Å². The van der Waals surface area contributed by atoms with E-state index in [0.717, 1.165) is 5.56 Å². The summed E-state index contributed by atoms with van der Waals surface area (Å²) in [4.78, 5) is 0. The summed E-state index contributed by atoms with van der Waals surface area (Å²) in [6.45, 7) is 0. The lowest BCUT2D eigenvalue weighted by atomic mass is 10.0. The van der Waals surface area contributed by atoms with E-state index in [9.17, 15) is 9.50 Å². The number of rotatable bonds is 3. The molecule has 0 aliphatic heterocycles. The lowest BCUT2D eigenvalue weighted by Gasteiger charge is -2.13. The molecular formula is C14H10BrCl2FO. The number of aliphatic hydroxyl groups is 1. The molecule has 0 aliphatic carbocycles. The first kappa shape index (κ1) is 14.8. The van der Waals surface area contributed by atoms with Gasteiger partial charge >= 0.3 is 0 Å². The maximum Gasteiger partial charge on any atom is 0.148 e. The number of hydrogen-bond acceptors (Lipinski definition) is 1. The highest BCUT2D eigenvalue weighted by Crippen LogP contribution is 2.31. The van der Waals surface area contributed by atoms with E-state index in [4.69, 9.17) is 23.2 Å². The average Bonchev–Trinajstić information content (AvgIpc) is 2.39. The Bertz CT molecular complexity index is 587. The highest BCUT2D eigenvalue weighted by Gasteiger charge is 2.17. The summed E-state index contributed by atoms with van der Waals surface area (Å²) < 4.78 is 14.4. The van der Waals surface area contributed by atoms with Gasteiger partial charge in [-0.2, -0.15) is 0 Å². The van der Waals surface area contributed by atoms with Crippen molar-refractivity contribution in [1.29, 1.82) is 0 Å². The zero-order valence-corrected chi connectivity index (χ0v) is 12.8. The predicted molar refractivity (Wildman–Crippen MR) is 79.2 cm³/mol. The second kappa shape index (κ2) is 6.23. The lowest BCUT2D eigenvalue weighted by Crippen LogP contribution is -2.05. The van der Waals surface area contributed by atoms with Crippen LogP contribution in [-0.2, 0) is 6.42 Å². The molecule has 0 aliphatic rings. The molecule has 0 spiro atoms. The van der Waals surface area contributed by atoms with Crippen LogP contribution in [0, 0.1) is 5.82 Å². The SMILES string of the molecule is OC(Cc1ccc(Cl)cc1)c1ccc(Br)c(Cl)c1F. The molecule has 0 fully saturated rings. The van der Waals surface area contributed by atoms with E-state index in [-0.39, 0.29) is 10.6 Å². The minimum atomic E-state index is -0.952. The van der Waals surface area contributed by atoms with E-state index in [0.29, 0.717) is 15.9 Å². The second-order valence-corrected chi connectivity index (χ2v) is 5.78. The van der Waals surface area contributed by atoms with Gasteiger partial charge in [-0.3, -0.25) is 0 Å². The van der Waals surface area contributed by atoms with Gasteiger partial charge in [-0.05, 0) is 39.7 Å². The Labute approximate surface area is 129 Å². The second-order valence-electron chi connectivity index (χ2n) is 4.11. The van der Waals surface area contributed by atoms with Crippen LogP contribution in [0.15, 0.2) is 40.9 Å². The third kappa shape index (κ3) is 3.48. The smallest absolute Gasteiger partial charge is 0.148 e. The molecule has 1 nitrogen and oxygen atoms in total. The molecule has 0 saturated carbocycles. The van der Waals surface area contributed by atoms with E-state index in [1.165, 1.54) is 6.07 Å². The molecular weight excluding hydrogens is 354 g/mol. The molecule has 0 saturated heterocycles. The molecule has 1 atom stereocenters. The molecule has 0 bridgehead atoms. The molecule has 2 aromatic rings.